The predicted octanol–water partition coefficient (Wildman–Crippen LogP) is 4.26. The van der Waals surface area contributed by atoms with E-state index in [-0.39, 0.29) is 42.6 Å². The first-order valence-electron chi connectivity index (χ1n) is 11.7. The number of carbonyl (C=O) groups is 3. The van der Waals surface area contributed by atoms with Crippen molar-refractivity contribution in [1.29, 1.82) is 0 Å². The van der Waals surface area contributed by atoms with Crippen molar-refractivity contribution >= 4 is 29.1 Å². The summed E-state index contributed by atoms with van der Waals surface area (Å²) in [6.07, 6.45) is 0.543. The molecular formula is C25H31ClF2O5. The summed E-state index contributed by atoms with van der Waals surface area (Å²) < 4.78 is 36.2. The van der Waals surface area contributed by atoms with Crippen LogP contribution in [0.25, 0.3) is 0 Å². The van der Waals surface area contributed by atoms with Crippen molar-refractivity contribution in [2.24, 2.45) is 34.5 Å². The van der Waals surface area contributed by atoms with Crippen LogP contribution in [0, 0.1) is 34.5 Å². The Balaban J connectivity index is 1.85. The molecule has 0 saturated heterocycles. The lowest BCUT2D eigenvalue weighted by Crippen LogP contribution is -2.64. The summed E-state index contributed by atoms with van der Waals surface area (Å²) in [5, 5.41) is 11.5. The summed E-state index contributed by atoms with van der Waals surface area (Å²) in [7, 11) is 0. The molecule has 0 bridgehead atoms. The smallest absolute Gasteiger partial charge is 0.306 e. The van der Waals surface area contributed by atoms with Crippen LogP contribution in [0.15, 0.2) is 23.6 Å². The van der Waals surface area contributed by atoms with Crippen LogP contribution in [0.2, 0.25) is 0 Å². The van der Waals surface area contributed by atoms with Crippen LogP contribution in [0.4, 0.5) is 8.78 Å². The van der Waals surface area contributed by atoms with Crippen molar-refractivity contribution in [2.45, 2.75) is 71.3 Å². The van der Waals surface area contributed by atoms with E-state index in [1.807, 2.05) is 13.8 Å². The molecule has 4 rings (SSSR count). The first-order chi connectivity index (χ1) is 15.4. The Morgan fingerprint density at radius 2 is 1.97 bits per heavy atom. The molecule has 0 unspecified atom stereocenters. The predicted molar refractivity (Wildman–Crippen MR) is 118 cm³/mol. The number of aliphatic hydroxyl groups is 1. The lowest BCUT2D eigenvalue weighted by atomic mass is 9.45. The van der Waals surface area contributed by atoms with E-state index in [1.54, 1.807) is 13.8 Å². The van der Waals surface area contributed by atoms with Crippen molar-refractivity contribution in [3.63, 3.8) is 0 Å². The summed E-state index contributed by atoms with van der Waals surface area (Å²) in [5.41, 5.74) is -3.84. The molecule has 4 aliphatic rings. The number of Topliss-reactive ketones (excluding diaryl/α,β-unsaturated/α-hetero) is 1. The fraction of sp³-hybridized carbons (Fsp3) is 0.720. The third-order valence-corrected chi connectivity index (χ3v) is 9.43. The van der Waals surface area contributed by atoms with Gasteiger partial charge < -0.3 is 9.84 Å². The molecule has 3 saturated carbocycles. The number of ether oxygens (including phenoxy) is 1. The fourth-order valence-corrected chi connectivity index (χ4v) is 8.17. The SMILES string of the molecule is CCC(=O)O[C@@]1(C(=O)CCl)[C@H](C)C[C@H]2[C@@H]3C[C@H](F)C4=C(F)C(=O)C=C[C@]4(C)[C@H]3[C@@H](O)C[C@@]21C. The number of hydrogen-bond donors (Lipinski definition) is 1. The van der Waals surface area contributed by atoms with Gasteiger partial charge in [-0.15, -0.1) is 11.6 Å². The number of aliphatic hydroxyl groups excluding tert-OH is 1. The Hall–Kier alpha value is -1.60. The van der Waals surface area contributed by atoms with Gasteiger partial charge >= 0.3 is 5.97 Å². The molecule has 4 aliphatic carbocycles. The van der Waals surface area contributed by atoms with Gasteiger partial charge in [-0.3, -0.25) is 14.4 Å². The van der Waals surface area contributed by atoms with Gasteiger partial charge in [-0.05, 0) is 37.2 Å². The summed E-state index contributed by atoms with van der Waals surface area (Å²) in [6.45, 7) is 6.98. The van der Waals surface area contributed by atoms with Crippen LogP contribution in [-0.2, 0) is 19.1 Å². The molecule has 9 atom stereocenters. The lowest BCUT2D eigenvalue weighted by molar-refractivity contribution is -0.204. The van der Waals surface area contributed by atoms with Gasteiger partial charge in [-0.25, -0.2) is 8.78 Å². The van der Waals surface area contributed by atoms with Crippen LogP contribution in [0.5, 0.6) is 0 Å². The van der Waals surface area contributed by atoms with E-state index in [2.05, 4.69) is 0 Å². The summed E-state index contributed by atoms with van der Waals surface area (Å²) in [5.74, 6) is -4.81. The van der Waals surface area contributed by atoms with Gasteiger partial charge in [0, 0.05) is 34.7 Å². The maximum atomic E-state index is 15.5. The van der Waals surface area contributed by atoms with E-state index in [1.165, 1.54) is 6.08 Å². The van der Waals surface area contributed by atoms with Gasteiger partial charge in [-0.1, -0.05) is 33.8 Å². The second kappa shape index (κ2) is 7.98. The molecular weight excluding hydrogens is 454 g/mol. The number of ketones is 2. The zero-order chi connectivity index (χ0) is 24.5. The van der Waals surface area contributed by atoms with Crippen molar-refractivity contribution in [1.82, 2.24) is 0 Å². The van der Waals surface area contributed by atoms with Crippen LogP contribution >= 0.6 is 11.6 Å². The van der Waals surface area contributed by atoms with Crippen LogP contribution in [0.3, 0.4) is 0 Å². The minimum atomic E-state index is -1.69. The first kappa shape index (κ1) is 24.5. The van der Waals surface area contributed by atoms with E-state index >= 15 is 4.39 Å². The average Bonchev–Trinajstić information content (AvgIpc) is 2.97. The summed E-state index contributed by atoms with van der Waals surface area (Å²) in [4.78, 5) is 37.7. The quantitative estimate of drug-likeness (QED) is 0.476. The van der Waals surface area contributed by atoms with Gasteiger partial charge in [0.25, 0.3) is 0 Å². The molecule has 0 aromatic rings. The molecule has 0 aliphatic heterocycles. The average molecular weight is 485 g/mol. The number of allylic oxidation sites excluding steroid dienone is 4. The number of hydrogen-bond acceptors (Lipinski definition) is 5. The minimum Gasteiger partial charge on any atom is -0.450 e. The van der Waals surface area contributed by atoms with E-state index < -0.39 is 63.9 Å². The largest absolute Gasteiger partial charge is 0.450 e. The van der Waals surface area contributed by atoms with E-state index in [4.69, 9.17) is 16.3 Å². The highest BCUT2D eigenvalue weighted by Crippen LogP contribution is 2.69. The Morgan fingerprint density at radius 3 is 2.58 bits per heavy atom. The number of fused-ring (bicyclic) bond motifs is 5. The summed E-state index contributed by atoms with van der Waals surface area (Å²) in [6, 6.07) is 0. The Morgan fingerprint density at radius 1 is 1.30 bits per heavy atom. The zero-order valence-corrected chi connectivity index (χ0v) is 20.1. The lowest BCUT2D eigenvalue weighted by Gasteiger charge is -2.60. The number of carbonyl (C=O) groups excluding carboxylic acids is 3. The maximum Gasteiger partial charge on any atom is 0.306 e. The van der Waals surface area contributed by atoms with Gasteiger partial charge in [0.05, 0.1) is 12.0 Å². The van der Waals surface area contributed by atoms with Crippen molar-refractivity contribution in [3.8, 4) is 0 Å². The van der Waals surface area contributed by atoms with Crippen molar-refractivity contribution in [3.05, 3.63) is 23.6 Å². The van der Waals surface area contributed by atoms with E-state index in [0.717, 1.165) is 6.08 Å². The van der Waals surface area contributed by atoms with E-state index in [9.17, 15) is 23.9 Å². The molecule has 0 spiro atoms. The molecule has 33 heavy (non-hydrogen) atoms. The highest BCUT2D eigenvalue weighted by molar-refractivity contribution is 6.29. The van der Waals surface area contributed by atoms with Gasteiger partial charge in [0.1, 0.15) is 6.17 Å². The normalized spacial score (nSPS) is 46.5. The molecule has 0 radical (unpaired) electrons. The van der Waals surface area contributed by atoms with Gasteiger partial charge in [-0.2, -0.15) is 0 Å². The highest BCUT2D eigenvalue weighted by atomic mass is 35.5. The molecule has 1 N–H and O–H groups in total. The van der Waals surface area contributed by atoms with Gasteiger partial charge in [0.15, 0.2) is 17.2 Å². The number of rotatable bonds is 4. The second-order valence-corrected chi connectivity index (χ2v) is 10.9. The van der Waals surface area contributed by atoms with Crippen LogP contribution in [-0.4, -0.2) is 46.4 Å². The molecule has 5 nitrogen and oxygen atoms in total. The first-order valence-corrected chi connectivity index (χ1v) is 12.2. The van der Waals surface area contributed by atoms with Crippen LogP contribution < -0.4 is 0 Å². The van der Waals surface area contributed by atoms with Crippen molar-refractivity contribution < 1.29 is 33.0 Å². The number of esters is 1. The third-order valence-electron chi connectivity index (χ3n) is 9.19. The van der Waals surface area contributed by atoms with Gasteiger partial charge in [0.2, 0.25) is 5.78 Å². The van der Waals surface area contributed by atoms with Crippen molar-refractivity contribution in [2.75, 3.05) is 5.88 Å². The second-order valence-electron chi connectivity index (χ2n) is 10.7. The standard InChI is InChI=1S/C25H31ClF2O5/c1-5-19(32)33-25(18(31)11-26)12(2)8-14-13-9-15(27)21-22(28)16(29)6-7-23(21,3)20(13)17(30)10-24(14,25)4/h6-7,12-15,17,20,30H,5,8-11H2,1-4H3/t12-,13+,14+,15+,17+,20-,23-,24+,25-/m1/s1. The monoisotopic (exact) mass is 484 g/mol. The Labute approximate surface area is 197 Å². The molecule has 182 valence electrons. The third kappa shape index (κ3) is 3.07. The summed E-state index contributed by atoms with van der Waals surface area (Å²) >= 11 is 5.99. The van der Waals surface area contributed by atoms with Crippen LogP contribution in [0.1, 0.15) is 53.4 Å². The molecule has 0 aromatic heterocycles. The molecule has 0 aromatic carbocycles. The maximum absolute atomic E-state index is 15.5. The molecule has 0 heterocycles. The highest BCUT2D eigenvalue weighted by Gasteiger charge is 2.73. The number of halogens is 3. The van der Waals surface area contributed by atoms with E-state index in [0.29, 0.717) is 6.42 Å². The minimum absolute atomic E-state index is 0.0684. The topological polar surface area (TPSA) is 80.7 Å². The fourth-order valence-electron chi connectivity index (χ4n) is 7.97. The molecule has 8 heteroatoms. The molecule has 3 fully saturated rings. The Kier molecular flexibility index (Phi) is 5.93. The Bertz CT molecular complexity index is 962. The number of alkyl halides is 2. The zero-order valence-electron chi connectivity index (χ0n) is 19.4. The molecule has 0 amide bonds.